The van der Waals surface area contributed by atoms with Gasteiger partial charge in [-0.2, -0.15) is 4.31 Å². The number of nitrogens with zero attached hydrogens (tertiary/aromatic N) is 2. The van der Waals surface area contributed by atoms with Gasteiger partial charge in [-0.1, -0.05) is 23.4 Å². The van der Waals surface area contributed by atoms with Gasteiger partial charge in [-0.05, 0) is 30.7 Å². The highest BCUT2D eigenvalue weighted by Crippen LogP contribution is 2.29. The Bertz CT molecular complexity index is 704. The fraction of sp³-hybridized carbons (Fsp3) is 0.385. The zero-order valence-corrected chi connectivity index (χ0v) is 13.8. The number of rotatable bonds is 3. The minimum absolute atomic E-state index is 0.138. The smallest absolute Gasteiger partial charge is 0.273 e. The number of carbonyl (C=O) groups is 2. The number of hydrogen-bond donors (Lipinski definition) is 0. The molecule has 0 aliphatic carbocycles. The Balaban J connectivity index is 1.78. The zero-order chi connectivity index (χ0) is 15.9. The molecule has 0 aromatic heterocycles. The Hall–Kier alpha value is -1.09. The van der Waals surface area contributed by atoms with Gasteiger partial charge in [-0.15, -0.1) is 0 Å². The van der Waals surface area contributed by atoms with Crippen molar-refractivity contribution >= 4 is 44.5 Å². The number of sulfonamides is 1. The third-order valence-electron chi connectivity index (χ3n) is 3.73. The third kappa shape index (κ3) is 2.76. The summed E-state index contributed by atoms with van der Waals surface area (Å²) in [4.78, 5) is 24.8. The highest BCUT2D eigenvalue weighted by atomic mass is 35.5. The summed E-state index contributed by atoms with van der Waals surface area (Å²) >= 11 is 6.73. The molecule has 1 aromatic carbocycles. The van der Waals surface area contributed by atoms with Crippen LogP contribution in [0.25, 0.3) is 0 Å². The summed E-state index contributed by atoms with van der Waals surface area (Å²) in [6.07, 6.45) is 0.463. The Morgan fingerprint density at radius 2 is 1.86 bits per heavy atom. The first-order valence-corrected chi connectivity index (χ1v) is 9.44. The monoisotopic (exact) mass is 360 g/mol. The molecule has 2 amide bonds. The summed E-state index contributed by atoms with van der Waals surface area (Å²) in [5.74, 6) is -0.107. The van der Waals surface area contributed by atoms with E-state index in [1.54, 1.807) is 0 Å². The molecule has 0 radical (unpaired) electrons. The molecule has 2 saturated heterocycles. The van der Waals surface area contributed by atoms with Crippen LogP contribution in [0.2, 0.25) is 5.02 Å². The molecule has 0 N–H and O–H groups in total. The van der Waals surface area contributed by atoms with Crippen LogP contribution in [0.1, 0.15) is 6.42 Å². The van der Waals surface area contributed by atoms with E-state index >= 15 is 0 Å². The molecule has 3 rings (SSSR count). The number of amides is 2. The van der Waals surface area contributed by atoms with Crippen LogP contribution in [0.4, 0.5) is 4.79 Å². The first kappa shape index (κ1) is 15.8. The lowest BCUT2D eigenvalue weighted by atomic mass is 10.2. The molecule has 22 heavy (non-hydrogen) atoms. The van der Waals surface area contributed by atoms with Crippen LogP contribution in [-0.2, 0) is 14.8 Å². The molecule has 0 bridgehead atoms. The van der Waals surface area contributed by atoms with E-state index in [9.17, 15) is 18.0 Å². The van der Waals surface area contributed by atoms with Gasteiger partial charge >= 0.3 is 0 Å². The summed E-state index contributed by atoms with van der Waals surface area (Å²) in [5, 5.41) is 0.171. The predicted molar refractivity (Wildman–Crippen MR) is 83.3 cm³/mol. The van der Waals surface area contributed by atoms with E-state index in [1.807, 2.05) is 0 Å². The lowest BCUT2D eigenvalue weighted by molar-refractivity contribution is -0.126. The molecule has 2 aliphatic heterocycles. The Labute approximate surface area is 137 Å². The first-order valence-electron chi connectivity index (χ1n) is 6.64. The predicted octanol–water partition coefficient (Wildman–Crippen LogP) is 1.80. The molecule has 0 unspecified atom stereocenters. The fourth-order valence-corrected chi connectivity index (χ4v) is 5.01. The largest absolute Gasteiger partial charge is 0.289 e. The molecule has 1 aromatic rings. The van der Waals surface area contributed by atoms with Gasteiger partial charge in [0.25, 0.3) is 5.24 Å². The Kier molecular flexibility index (Phi) is 4.19. The SMILES string of the molecule is O=C1CSC(=O)N1[C@@H]1CCN(S(=O)(=O)c2ccc(Cl)cc2)C1. The topological polar surface area (TPSA) is 74.8 Å². The van der Waals surface area contributed by atoms with Gasteiger partial charge in [0.15, 0.2) is 0 Å². The molecule has 9 heteroatoms. The lowest BCUT2D eigenvalue weighted by Crippen LogP contribution is -2.41. The van der Waals surface area contributed by atoms with Crippen molar-refractivity contribution in [2.45, 2.75) is 17.4 Å². The van der Waals surface area contributed by atoms with Gasteiger partial charge in [-0.25, -0.2) is 8.42 Å². The second kappa shape index (κ2) is 5.84. The van der Waals surface area contributed by atoms with E-state index in [1.165, 1.54) is 33.5 Å². The fourth-order valence-electron chi connectivity index (χ4n) is 2.61. The van der Waals surface area contributed by atoms with Crippen molar-refractivity contribution in [3.63, 3.8) is 0 Å². The number of imide groups is 1. The second-order valence-electron chi connectivity index (χ2n) is 5.08. The molecule has 6 nitrogen and oxygen atoms in total. The van der Waals surface area contributed by atoms with E-state index in [-0.39, 0.29) is 40.9 Å². The van der Waals surface area contributed by atoms with Gasteiger partial charge in [0.05, 0.1) is 16.7 Å². The molecule has 0 spiro atoms. The first-order chi connectivity index (χ1) is 10.4. The summed E-state index contributed by atoms with van der Waals surface area (Å²) in [5.41, 5.74) is 0. The van der Waals surface area contributed by atoms with Crippen molar-refractivity contribution in [2.24, 2.45) is 0 Å². The third-order valence-corrected chi connectivity index (χ3v) is 6.69. The van der Waals surface area contributed by atoms with Crippen LogP contribution in [-0.4, -0.2) is 53.7 Å². The van der Waals surface area contributed by atoms with Crippen molar-refractivity contribution in [3.05, 3.63) is 29.3 Å². The van der Waals surface area contributed by atoms with Gasteiger partial charge in [0.1, 0.15) is 0 Å². The van der Waals surface area contributed by atoms with E-state index in [0.29, 0.717) is 11.4 Å². The maximum absolute atomic E-state index is 12.6. The minimum Gasteiger partial charge on any atom is -0.273 e. The number of halogens is 1. The quantitative estimate of drug-likeness (QED) is 0.821. The zero-order valence-electron chi connectivity index (χ0n) is 11.4. The molecule has 0 saturated carbocycles. The normalized spacial score (nSPS) is 23.5. The maximum atomic E-state index is 12.6. The summed E-state index contributed by atoms with van der Waals surface area (Å²) in [6, 6.07) is 5.57. The van der Waals surface area contributed by atoms with E-state index in [4.69, 9.17) is 11.6 Å². The van der Waals surface area contributed by atoms with Gasteiger partial charge in [0, 0.05) is 18.1 Å². The standard InChI is InChI=1S/C13H13ClN2O4S2/c14-9-1-3-11(4-2-9)22(19,20)15-6-5-10(7-15)16-12(17)8-21-13(16)18/h1-4,10H,5-8H2/t10-/m1/s1. The van der Waals surface area contributed by atoms with Crippen LogP contribution < -0.4 is 0 Å². The average Bonchev–Trinajstić information content (AvgIpc) is 3.07. The molecular weight excluding hydrogens is 348 g/mol. The molecule has 118 valence electrons. The van der Waals surface area contributed by atoms with Crippen LogP contribution >= 0.6 is 23.4 Å². The maximum Gasteiger partial charge on any atom is 0.289 e. The average molecular weight is 361 g/mol. The van der Waals surface area contributed by atoms with Crippen LogP contribution in [0, 0.1) is 0 Å². The number of benzene rings is 1. The highest BCUT2D eigenvalue weighted by molar-refractivity contribution is 8.14. The summed E-state index contributed by atoms with van der Waals surface area (Å²) in [7, 11) is -3.63. The summed E-state index contributed by atoms with van der Waals surface area (Å²) in [6.45, 7) is 0.431. The van der Waals surface area contributed by atoms with Crippen molar-refractivity contribution in [2.75, 3.05) is 18.8 Å². The van der Waals surface area contributed by atoms with Crippen molar-refractivity contribution in [3.8, 4) is 0 Å². The molecule has 2 aliphatic rings. The number of carbonyl (C=O) groups excluding carboxylic acids is 2. The van der Waals surface area contributed by atoms with Crippen molar-refractivity contribution in [1.29, 1.82) is 0 Å². The van der Waals surface area contributed by atoms with E-state index in [0.717, 1.165) is 11.8 Å². The van der Waals surface area contributed by atoms with Crippen LogP contribution in [0.15, 0.2) is 29.2 Å². The Morgan fingerprint density at radius 3 is 2.45 bits per heavy atom. The number of thioether (sulfide) groups is 1. The summed E-state index contributed by atoms with van der Waals surface area (Å²) < 4.78 is 26.4. The van der Waals surface area contributed by atoms with Gasteiger partial charge in [-0.3, -0.25) is 14.5 Å². The van der Waals surface area contributed by atoms with Crippen LogP contribution in [0.5, 0.6) is 0 Å². The number of hydrogen-bond acceptors (Lipinski definition) is 5. The molecule has 1 atom stereocenters. The minimum atomic E-state index is -3.63. The molecule has 2 heterocycles. The van der Waals surface area contributed by atoms with Gasteiger partial charge in [0.2, 0.25) is 15.9 Å². The van der Waals surface area contributed by atoms with E-state index in [2.05, 4.69) is 0 Å². The molecular formula is C13H13ClN2O4S2. The van der Waals surface area contributed by atoms with Gasteiger partial charge < -0.3 is 0 Å². The van der Waals surface area contributed by atoms with Crippen LogP contribution in [0.3, 0.4) is 0 Å². The second-order valence-corrected chi connectivity index (χ2v) is 8.38. The lowest BCUT2D eigenvalue weighted by Gasteiger charge is -2.21. The molecule has 2 fully saturated rings. The van der Waals surface area contributed by atoms with Crippen molar-refractivity contribution in [1.82, 2.24) is 9.21 Å². The van der Waals surface area contributed by atoms with E-state index < -0.39 is 10.0 Å². The Morgan fingerprint density at radius 1 is 1.18 bits per heavy atom. The highest BCUT2D eigenvalue weighted by Gasteiger charge is 2.42. The van der Waals surface area contributed by atoms with Crippen molar-refractivity contribution < 1.29 is 18.0 Å².